The molecule has 3 nitrogen and oxygen atoms in total. The summed E-state index contributed by atoms with van der Waals surface area (Å²) < 4.78 is 42.4. The number of hydrogen-bond acceptors (Lipinski definition) is 2. The number of rotatable bonds is 2. The lowest BCUT2D eigenvalue weighted by Gasteiger charge is -2.05. The summed E-state index contributed by atoms with van der Waals surface area (Å²) in [6.07, 6.45) is -3.03. The van der Waals surface area contributed by atoms with Gasteiger partial charge in [-0.1, -0.05) is 17.9 Å². The largest absolute Gasteiger partial charge is 0.459 e. The maximum Gasteiger partial charge on any atom is 0.416 e. The van der Waals surface area contributed by atoms with E-state index in [9.17, 15) is 18.0 Å². The smallest absolute Gasteiger partial charge is 0.416 e. The van der Waals surface area contributed by atoms with E-state index in [4.69, 9.17) is 4.42 Å². The molecular weight excluding hydrogens is 283 g/mol. The maximum atomic E-state index is 12.5. The highest BCUT2D eigenvalue weighted by Gasteiger charge is 2.30. The molecule has 1 amide bonds. The molecule has 0 radical (unpaired) electrons. The van der Waals surface area contributed by atoms with Gasteiger partial charge in [-0.2, -0.15) is 13.2 Å². The average Bonchev–Trinajstić information content (AvgIpc) is 2.97. The minimum Gasteiger partial charge on any atom is -0.459 e. The van der Waals surface area contributed by atoms with E-state index in [1.165, 1.54) is 24.5 Å². The molecular formula is C15H10F3NO2. The Kier molecular flexibility index (Phi) is 4.33. The van der Waals surface area contributed by atoms with Gasteiger partial charge in [-0.05, 0) is 30.3 Å². The highest BCUT2D eigenvalue weighted by molar-refractivity contribution is 5.91. The van der Waals surface area contributed by atoms with E-state index in [0.717, 1.165) is 12.1 Å². The number of furan rings is 1. The first kappa shape index (κ1) is 14.7. The van der Waals surface area contributed by atoms with E-state index >= 15 is 0 Å². The van der Waals surface area contributed by atoms with Crippen molar-refractivity contribution in [2.75, 3.05) is 6.54 Å². The predicted molar refractivity (Wildman–Crippen MR) is 69.4 cm³/mol. The Morgan fingerprint density at radius 1 is 1.24 bits per heavy atom. The lowest BCUT2D eigenvalue weighted by molar-refractivity contribution is -0.137. The normalized spacial score (nSPS) is 10.6. The molecule has 0 bridgehead atoms. The van der Waals surface area contributed by atoms with E-state index in [1.54, 1.807) is 6.07 Å². The number of amides is 1. The number of benzene rings is 1. The van der Waals surface area contributed by atoms with Gasteiger partial charge in [0.05, 0.1) is 18.4 Å². The van der Waals surface area contributed by atoms with Crippen molar-refractivity contribution in [3.63, 3.8) is 0 Å². The van der Waals surface area contributed by atoms with Crippen LogP contribution in [0.3, 0.4) is 0 Å². The van der Waals surface area contributed by atoms with E-state index in [2.05, 4.69) is 17.2 Å². The molecule has 0 aliphatic carbocycles. The summed E-state index contributed by atoms with van der Waals surface area (Å²) in [6.45, 7) is 0.00970. The van der Waals surface area contributed by atoms with Crippen LogP contribution in [0.4, 0.5) is 13.2 Å². The lowest BCUT2D eigenvalue weighted by atomic mass is 10.1. The second kappa shape index (κ2) is 6.18. The van der Waals surface area contributed by atoms with Crippen molar-refractivity contribution in [2.24, 2.45) is 0 Å². The van der Waals surface area contributed by atoms with Gasteiger partial charge in [0.2, 0.25) is 0 Å². The predicted octanol–water partition coefficient (Wildman–Crippen LogP) is 3.08. The molecule has 2 rings (SSSR count). The zero-order valence-corrected chi connectivity index (χ0v) is 10.7. The fourth-order valence-electron chi connectivity index (χ4n) is 1.54. The van der Waals surface area contributed by atoms with Crippen LogP contribution in [0.5, 0.6) is 0 Å². The highest BCUT2D eigenvalue weighted by Crippen LogP contribution is 2.29. The Morgan fingerprint density at radius 2 is 2.05 bits per heavy atom. The fourth-order valence-corrected chi connectivity index (χ4v) is 1.54. The molecule has 1 N–H and O–H groups in total. The number of nitrogens with one attached hydrogen (secondary N) is 1. The van der Waals surface area contributed by atoms with Crippen LogP contribution in [0.25, 0.3) is 0 Å². The van der Waals surface area contributed by atoms with E-state index in [0.29, 0.717) is 0 Å². The van der Waals surface area contributed by atoms with Crippen molar-refractivity contribution in [3.8, 4) is 11.8 Å². The van der Waals surface area contributed by atoms with Gasteiger partial charge in [-0.3, -0.25) is 4.79 Å². The van der Waals surface area contributed by atoms with Crippen LogP contribution in [-0.4, -0.2) is 12.5 Å². The molecule has 0 saturated carbocycles. The molecule has 0 aliphatic rings. The first-order valence-electron chi connectivity index (χ1n) is 5.94. The van der Waals surface area contributed by atoms with Gasteiger partial charge in [0.15, 0.2) is 5.76 Å². The minimum absolute atomic E-state index is 0.00970. The third-order valence-electron chi connectivity index (χ3n) is 2.50. The summed E-state index contributed by atoms with van der Waals surface area (Å²) in [5.74, 6) is 4.86. The molecule has 1 heterocycles. The summed E-state index contributed by atoms with van der Waals surface area (Å²) in [7, 11) is 0. The Bertz CT molecular complexity index is 679. The van der Waals surface area contributed by atoms with Crippen LogP contribution in [-0.2, 0) is 6.18 Å². The minimum atomic E-state index is -4.40. The van der Waals surface area contributed by atoms with Gasteiger partial charge in [0.25, 0.3) is 5.91 Å². The van der Waals surface area contributed by atoms with Gasteiger partial charge < -0.3 is 9.73 Å². The Labute approximate surface area is 118 Å². The van der Waals surface area contributed by atoms with Crippen molar-refractivity contribution >= 4 is 5.91 Å². The maximum absolute atomic E-state index is 12.5. The number of alkyl halides is 3. The van der Waals surface area contributed by atoms with Crippen molar-refractivity contribution in [3.05, 3.63) is 59.5 Å². The standard InChI is InChI=1S/C15H10F3NO2/c16-15(17,18)12-6-1-4-11(10-12)5-2-8-19-14(20)13-7-3-9-21-13/h1,3-4,6-7,9-10H,8H2,(H,19,20). The monoisotopic (exact) mass is 293 g/mol. The molecule has 0 saturated heterocycles. The van der Waals surface area contributed by atoms with Crippen molar-refractivity contribution in [1.82, 2.24) is 5.32 Å². The van der Waals surface area contributed by atoms with E-state index in [1.807, 2.05) is 0 Å². The lowest BCUT2D eigenvalue weighted by Crippen LogP contribution is -2.22. The van der Waals surface area contributed by atoms with Crippen LogP contribution in [0, 0.1) is 11.8 Å². The zero-order valence-electron chi connectivity index (χ0n) is 10.7. The third-order valence-corrected chi connectivity index (χ3v) is 2.50. The molecule has 1 aromatic carbocycles. The third kappa shape index (κ3) is 4.14. The molecule has 1 aromatic heterocycles. The number of carbonyl (C=O) groups is 1. The average molecular weight is 293 g/mol. The topological polar surface area (TPSA) is 42.2 Å². The second-order valence-corrected chi connectivity index (χ2v) is 4.04. The quantitative estimate of drug-likeness (QED) is 0.865. The van der Waals surface area contributed by atoms with Gasteiger partial charge in [0, 0.05) is 5.56 Å². The summed E-state index contributed by atoms with van der Waals surface area (Å²) in [4.78, 5) is 11.5. The Hall–Kier alpha value is -2.68. The molecule has 2 aromatic rings. The van der Waals surface area contributed by atoms with Crippen molar-refractivity contribution in [1.29, 1.82) is 0 Å². The van der Waals surface area contributed by atoms with Gasteiger partial charge in [-0.15, -0.1) is 0 Å². The summed E-state index contributed by atoms with van der Waals surface area (Å²) in [5.41, 5.74) is -0.522. The van der Waals surface area contributed by atoms with Crippen molar-refractivity contribution in [2.45, 2.75) is 6.18 Å². The Morgan fingerprint density at radius 3 is 2.71 bits per heavy atom. The van der Waals surface area contributed by atoms with Gasteiger partial charge >= 0.3 is 6.18 Å². The Balaban J connectivity index is 1.96. The molecule has 0 spiro atoms. The summed E-state index contributed by atoms with van der Waals surface area (Å²) in [5, 5.41) is 2.47. The first-order valence-corrected chi connectivity index (χ1v) is 5.94. The number of halogens is 3. The number of hydrogen-bond donors (Lipinski definition) is 1. The molecule has 0 unspecified atom stereocenters. The van der Waals surface area contributed by atoms with Crippen LogP contribution in [0.1, 0.15) is 21.7 Å². The van der Waals surface area contributed by atoms with Crippen molar-refractivity contribution < 1.29 is 22.4 Å². The molecule has 0 aliphatic heterocycles. The fraction of sp³-hybridized carbons (Fsp3) is 0.133. The van der Waals surface area contributed by atoms with E-state index < -0.39 is 17.6 Å². The van der Waals surface area contributed by atoms with Crippen LogP contribution >= 0.6 is 0 Å². The van der Waals surface area contributed by atoms with Gasteiger partial charge in [0.1, 0.15) is 0 Å². The molecule has 0 atom stereocenters. The molecule has 6 heteroatoms. The van der Waals surface area contributed by atoms with Crippen LogP contribution in [0.2, 0.25) is 0 Å². The SMILES string of the molecule is O=C(NCC#Cc1cccc(C(F)(F)F)c1)c1ccco1. The molecule has 21 heavy (non-hydrogen) atoms. The highest BCUT2D eigenvalue weighted by atomic mass is 19.4. The zero-order chi connectivity index (χ0) is 15.3. The van der Waals surface area contributed by atoms with Crippen LogP contribution < -0.4 is 5.32 Å². The molecule has 0 fully saturated rings. The first-order chi connectivity index (χ1) is 9.97. The van der Waals surface area contributed by atoms with E-state index in [-0.39, 0.29) is 17.9 Å². The summed E-state index contributed by atoms with van der Waals surface area (Å²) >= 11 is 0. The second-order valence-electron chi connectivity index (χ2n) is 4.04. The number of carbonyl (C=O) groups excluding carboxylic acids is 1. The van der Waals surface area contributed by atoms with Crippen LogP contribution in [0.15, 0.2) is 47.1 Å². The molecule has 108 valence electrons. The summed E-state index contributed by atoms with van der Waals surface area (Å²) in [6, 6.07) is 7.76. The van der Waals surface area contributed by atoms with Gasteiger partial charge in [-0.25, -0.2) is 0 Å².